The van der Waals surface area contributed by atoms with Gasteiger partial charge in [0.15, 0.2) is 0 Å². The Morgan fingerprint density at radius 3 is 1.79 bits per heavy atom. The van der Waals surface area contributed by atoms with Gasteiger partial charge in [0.2, 0.25) is 11.8 Å². The molecule has 4 nitrogen and oxygen atoms in total. The van der Waals surface area contributed by atoms with Crippen LogP contribution in [0.3, 0.4) is 0 Å². The summed E-state index contributed by atoms with van der Waals surface area (Å²) in [6.45, 7) is 0. The topological polar surface area (TPSA) is 58.2 Å². The van der Waals surface area contributed by atoms with Crippen LogP contribution in [-0.4, -0.2) is 29.6 Å². The standard InChI is InChI=1S/C17H17FN2O2S2/c1-23-15-8-6-14(7-9-15)20-17(22)11-24-10-16(21)19-13-4-2-12(18)3-5-13/h2-9H,10-11H2,1H3,(H,19,21)(H,20,22). The second kappa shape index (κ2) is 9.34. The first-order chi connectivity index (χ1) is 11.6. The van der Waals surface area contributed by atoms with Crippen LogP contribution in [0.25, 0.3) is 0 Å². The lowest BCUT2D eigenvalue weighted by atomic mass is 10.3. The lowest BCUT2D eigenvalue weighted by Crippen LogP contribution is -2.18. The third-order valence-electron chi connectivity index (χ3n) is 2.97. The Labute approximate surface area is 148 Å². The maximum absolute atomic E-state index is 12.8. The first-order valence-electron chi connectivity index (χ1n) is 7.14. The fraction of sp³-hybridized carbons (Fsp3) is 0.176. The summed E-state index contributed by atoms with van der Waals surface area (Å²) in [4.78, 5) is 24.7. The molecule has 2 N–H and O–H groups in total. The predicted molar refractivity (Wildman–Crippen MR) is 99.2 cm³/mol. The zero-order valence-electron chi connectivity index (χ0n) is 13.0. The summed E-state index contributed by atoms with van der Waals surface area (Å²) >= 11 is 2.85. The molecule has 0 aromatic heterocycles. The molecule has 0 heterocycles. The molecule has 126 valence electrons. The zero-order chi connectivity index (χ0) is 17.4. The fourth-order valence-corrected chi connectivity index (χ4v) is 2.86. The molecule has 0 bridgehead atoms. The SMILES string of the molecule is CSc1ccc(NC(=O)CSCC(=O)Nc2ccc(F)cc2)cc1. The van der Waals surface area contributed by atoms with Gasteiger partial charge in [-0.3, -0.25) is 9.59 Å². The molecule has 2 rings (SSSR count). The van der Waals surface area contributed by atoms with Gasteiger partial charge in [0.1, 0.15) is 5.82 Å². The van der Waals surface area contributed by atoms with Crippen molar-refractivity contribution in [3.8, 4) is 0 Å². The molecule has 0 aliphatic rings. The van der Waals surface area contributed by atoms with E-state index in [1.807, 2.05) is 30.5 Å². The normalized spacial score (nSPS) is 10.2. The zero-order valence-corrected chi connectivity index (χ0v) is 14.7. The molecule has 0 spiro atoms. The molecule has 0 atom stereocenters. The third kappa shape index (κ3) is 6.25. The first kappa shape index (κ1) is 18.4. The molecule has 0 radical (unpaired) electrons. The molecule has 2 aromatic rings. The summed E-state index contributed by atoms with van der Waals surface area (Å²) < 4.78 is 12.8. The molecule has 7 heteroatoms. The number of benzene rings is 2. The molecule has 24 heavy (non-hydrogen) atoms. The maximum atomic E-state index is 12.8. The number of thioether (sulfide) groups is 2. The second-order valence-electron chi connectivity index (χ2n) is 4.82. The number of carbonyl (C=O) groups is 2. The van der Waals surface area contributed by atoms with Gasteiger partial charge in [-0.1, -0.05) is 0 Å². The number of amides is 2. The van der Waals surface area contributed by atoms with E-state index in [-0.39, 0.29) is 29.1 Å². The fourth-order valence-electron chi connectivity index (χ4n) is 1.84. The number of anilines is 2. The van der Waals surface area contributed by atoms with Gasteiger partial charge >= 0.3 is 0 Å². The highest BCUT2D eigenvalue weighted by Gasteiger charge is 2.07. The van der Waals surface area contributed by atoms with Crippen LogP contribution in [0.4, 0.5) is 15.8 Å². The van der Waals surface area contributed by atoms with Gasteiger partial charge in [-0.25, -0.2) is 4.39 Å². The van der Waals surface area contributed by atoms with Crippen molar-refractivity contribution in [2.75, 3.05) is 28.4 Å². The number of rotatable bonds is 7. The second-order valence-corrected chi connectivity index (χ2v) is 6.69. The molecule has 0 aliphatic heterocycles. The van der Waals surface area contributed by atoms with Crippen LogP contribution in [0.5, 0.6) is 0 Å². The van der Waals surface area contributed by atoms with Crippen molar-refractivity contribution < 1.29 is 14.0 Å². The van der Waals surface area contributed by atoms with Gasteiger partial charge in [0.05, 0.1) is 11.5 Å². The molecular formula is C17H17FN2O2S2. The average Bonchev–Trinajstić information content (AvgIpc) is 2.57. The van der Waals surface area contributed by atoms with E-state index in [1.54, 1.807) is 11.8 Å². The van der Waals surface area contributed by atoms with Crippen LogP contribution in [0, 0.1) is 5.82 Å². The summed E-state index contributed by atoms with van der Waals surface area (Å²) in [6.07, 6.45) is 1.99. The summed E-state index contributed by atoms with van der Waals surface area (Å²) in [7, 11) is 0. The lowest BCUT2D eigenvalue weighted by molar-refractivity contribution is -0.114. The summed E-state index contributed by atoms with van der Waals surface area (Å²) in [5.74, 6) is -0.419. The molecule has 0 fully saturated rings. The van der Waals surface area contributed by atoms with Crippen LogP contribution in [0.2, 0.25) is 0 Å². The first-order valence-corrected chi connectivity index (χ1v) is 9.52. The van der Waals surface area contributed by atoms with E-state index in [1.165, 1.54) is 36.0 Å². The molecular weight excluding hydrogens is 347 g/mol. The molecule has 0 saturated carbocycles. The Kier molecular flexibility index (Phi) is 7.14. The minimum Gasteiger partial charge on any atom is -0.325 e. The van der Waals surface area contributed by atoms with Crippen molar-refractivity contribution >= 4 is 46.7 Å². The molecule has 0 unspecified atom stereocenters. The van der Waals surface area contributed by atoms with E-state index in [4.69, 9.17) is 0 Å². The number of hydrogen-bond donors (Lipinski definition) is 2. The summed E-state index contributed by atoms with van der Waals surface area (Å²) in [5.41, 5.74) is 1.26. The highest BCUT2D eigenvalue weighted by molar-refractivity contribution is 8.00. The van der Waals surface area contributed by atoms with Crippen molar-refractivity contribution in [3.63, 3.8) is 0 Å². The molecule has 0 aliphatic carbocycles. The Bertz CT molecular complexity index is 691. The minimum absolute atomic E-state index is 0.149. The quantitative estimate of drug-likeness (QED) is 0.733. The van der Waals surface area contributed by atoms with E-state index in [0.29, 0.717) is 5.69 Å². The highest BCUT2D eigenvalue weighted by atomic mass is 32.2. The van der Waals surface area contributed by atoms with Gasteiger partial charge < -0.3 is 10.6 Å². The van der Waals surface area contributed by atoms with E-state index in [0.717, 1.165) is 10.6 Å². The van der Waals surface area contributed by atoms with E-state index >= 15 is 0 Å². The van der Waals surface area contributed by atoms with Crippen LogP contribution >= 0.6 is 23.5 Å². The maximum Gasteiger partial charge on any atom is 0.234 e. The van der Waals surface area contributed by atoms with Crippen molar-refractivity contribution in [1.82, 2.24) is 0 Å². The summed E-state index contributed by atoms with van der Waals surface area (Å²) in [6, 6.07) is 13.1. The molecule has 2 amide bonds. The molecule has 0 saturated heterocycles. The Hall–Kier alpha value is -1.99. The van der Waals surface area contributed by atoms with Gasteiger partial charge in [-0.2, -0.15) is 0 Å². The molecule has 2 aromatic carbocycles. The third-order valence-corrected chi connectivity index (χ3v) is 4.64. The monoisotopic (exact) mass is 364 g/mol. The van der Waals surface area contributed by atoms with Crippen LogP contribution in [-0.2, 0) is 9.59 Å². The van der Waals surface area contributed by atoms with Crippen molar-refractivity contribution in [2.45, 2.75) is 4.90 Å². The van der Waals surface area contributed by atoms with Gasteiger partial charge in [0, 0.05) is 16.3 Å². The Morgan fingerprint density at radius 2 is 1.33 bits per heavy atom. The number of hydrogen-bond acceptors (Lipinski definition) is 4. The van der Waals surface area contributed by atoms with Crippen molar-refractivity contribution in [3.05, 3.63) is 54.3 Å². The van der Waals surface area contributed by atoms with Gasteiger partial charge in [0.25, 0.3) is 0 Å². The Balaban J connectivity index is 1.69. The van der Waals surface area contributed by atoms with Crippen LogP contribution in [0.1, 0.15) is 0 Å². The van der Waals surface area contributed by atoms with Crippen LogP contribution in [0.15, 0.2) is 53.4 Å². The predicted octanol–water partition coefficient (Wildman–Crippen LogP) is 3.86. The van der Waals surface area contributed by atoms with E-state index < -0.39 is 0 Å². The average molecular weight is 364 g/mol. The largest absolute Gasteiger partial charge is 0.325 e. The van der Waals surface area contributed by atoms with E-state index in [9.17, 15) is 14.0 Å². The van der Waals surface area contributed by atoms with Crippen molar-refractivity contribution in [1.29, 1.82) is 0 Å². The van der Waals surface area contributed by atoms with E-state index in [2.05, 4.69) is 10.6 Å². The lowest BCUT2D eigenvalue weighted by Gasteiger charge is -2.07. The highest BCUT2D eigenvalue weighted by Crippen LogP contribution is 2.17. The van der Waals surface area contributed by atoms with Gasteiger partial charge in [-0.05, 0) is 54.8 Å². The van der Waals surface area contributed by atoms with Crippen LogP contribution < -0.4 is 10.6 Å². The minimum atomic E-state index is -0.357. The number of nitrogens with one attached hydrogen (secondary N) is 2. The summed E-state index contributed by atoms with van der Waals surface area (Å²) in [5, 5.41) is 5.43. The Morgan fingerprint density at radius 1 is 0.875 bits per heavy atom. The smallest absolute Gasteiger partial charge is 0.234 e. The number of carbonyl (C=O) groups excluding carboxylic acids is 2. The number of halogens is 1. The van der Waals surface area contributed by atoms with Gasteiger partial charge in [-0.15, -0.1) is 23.5 Å². The van der Waals surface area contributed by atoms with Crippen molar-refractivity contribution in [2.24, 2.45) is 0 Å².